The van der Waals surface area contributed by atoms with E-state index in [1.807, 2.05) is 16.8 Å². The number of rotatable bonds is 7. The van der Waals surface area contributed by atoms with Crippen molar-refractivity contribution in [2.45, 2.75) is 25.8 Å². The van der Waals surface area contributed by atoms with Crippen LogP contribution in [0.3, 0.4) is 0 Å². The van der Waals surface area contributed by atoms with Gasteiger partial charge in [-0.1, -0.05) is 19.1 Å². The predicted molar refractivity (Wildman–Crippen MR) is 102 cm³/mol. The molecule has 1 unspecified atom stereocenters. The van der Waals surface area contributed by atoms with Gasteiger partial charge in [-0.15, -0.1) is 11.3 Å². The Morgan fingerprint density at radius 2 is 2.19 bits per heavy atom. The van der Waals surface area contributed by atoms with E-state index in [1.54, 1.807) is 29.5 Å². The number of likely N-dealkylation sites (N-methyl/N-ethyl adjacent to an activating group) is 1. The molecule has 0 saturated carbocycles. The zero-order valence-electron chi connectivity index (χ0n) is 15.3. The molecule has 0 spiro atoms. The first-order valence-corrected chi connectivity index (χ1v) is 9.89. The van der Waals surface area contributed by atoms with Gasteiger partial charge in [0.1, 0.15) is 6.61 Å². The van der Waals surface area contributed by atoms with Crippen LogP contribution in [0.1, 0.15) is 29.8 Å². The number of halogens is 1. The van der Waals surface area contributed by atoms with Crippen LogP contribution in [-0.4, -0.2) is 49.0 Å². The molecular formula is C20H25FN2O2S. The summed E-state index contributed by atoms with van der Waals surface area (Å²) in [5.74, 6) is 0.0262. The molecule has 26 heavy (non-hydrogen) atoms. The maximum absolute atomic E-state index is 13.5. The molecule has 1 amide bonds. The lowest BCUT2D eigenvalue weighted by atomic mass is 9.98. The summed E-state index contributed by atoms with van der Waals surface area (Å²) in [5, 5.41) is 2.12. The van der Waals surface area contributed by atoms with Gasteiger partial charge in [-0.3, -0.25) is 9.69 Å². The number of hydrogen-bond acceptors (Lipinski definition) is 4. The number of carbonyl (C=O) groups excluding carboxylic acids is 1. The van der Waals surface area contributed by atoms with Crippen LogP contribution in [0.4, 0.5) is 4.39 Å². The van der Waals surface area contributed by atoms with E-state index >= 15 is 0 Å². The minimum absolute atomic E-state index is 0.141. The molecule has 1 aliphatic heterocycles. The number of amides is 1. The van der Waals surface area contributed by atoms with Gasteiger partial charge in [0.05, 0.1) is 12.6 Å². The Labute approximate surface area is 158 Å². The molecule has 0 saturated heterocycles. The molecule has 0 N–H and O–H groups in total. The molecule has 0 bridgehead atoms. The third-order valence-electron chi connectivity index (χ3n) is 4.77. The molecule has 4 nitrogen and oxygen atoms in total. The van der Waals surface area contributed by atoms with Crippen molar-refractivity contribution in [2.75, 3.05) is 33.3 Å². The minimum Gasteiger partial charge on any atom is -0.489 e. The van der Waals surface area contributed by atoms with E-state index < -0.39 is 0 Å². The molecule has 6 heteroatoms. The zero-order chi connectivity index (χ0) is 18.5. The number of nitrogens with zero attached hydrogens (tertiary/aromatic N) is 2. The maximum atomic E-state index is 13.5. The second-order valence-electron chi connectivity index (χ2n) is 6.58. The maximum Gasteiger partial charge on any atom is 0.237 e. The van der Waals surface area contributed by atoms with Crippen molar-refractivity contribution in [3.8, 4) is 5.75 Å². The molecule has 2 aromatic rings. The van der Waals surface area contributed by atoms with Crippen LogP contribution in [0.2, 0.25) is 0 Å². The molecule has 2 heterocycles. The van der Waals surface area contributed by atoms with Gasteiger partial charge in [0.25, 0.3) is 0 Å². The van der Waals surface area contributed by atoms with E-state index in [2.05, 4.69) is 18.4 Å². The van der Waals surface area contributed by atoms with Crippen LogP contribution >= 0.6 is 11.3 Å². The van der Waals surface area contributed by atoms with E-state index in [0.29, 0.717) is 19.7 Å². The highest BCUT2D eigenvalue weighted by Gasteiger charge is 2.30. The Morgan fingerprint density at radius 3 is 2.96 bits per heavy atom. The summed E-state index contributed by atoms with van der Waals surface area (Å²) in [6.07, 6.45) is 1.87. The van der Waals surface area contributed by atoms with Crippen molar-refractivity contribution in [1.29, 1.82) is 0 Å². The van der Waals surface area contributed by atoms with E-state index in [-0.39, 0.29) is 23.5 Å². The Hall–Kier alpha value is -1.92. The lowest BCUT2D eigenvalue weighted by molar-refractivity contribution is -0.135. The molecule has 0 fully saturated rings. The largest absolute Gasteiger partial charge is 0.489 e. The average Bonchev–Trinajstić information content (AvgIpc) is 3.11. The molecular weight excluding hydrogens is 351 g/mol. The average molecular weight is 376 g/mol. The molecule has 1 atom stereocenters. The molecule has 0 aliphatic carbocycles. The fourth-order valence-corrected chi connectivity index (χ4v) is 4.34. The SMILES string of the molecule is CCC1c2ccsc2CCN1C(=O)CN(C)CCOc1ccccc1F. The van der Waals surface area contributed by atoms with Gasteiger partial charge in [-0.05, 0) is 49.0 Å². The van der Waals surface area contributed by atoms with E-state index in [1.165, 1.54) is 16.5 Å². The summed E-state index contributed by atoms with van der Waals surface area (Å²) in [7, 11) is 1.89. The van der Waals surface area contributed by atoms with Crippen LogP contribution in [-0.2, 0) is 11.2 Å². The quantitative estimate of drug-likeness (QED) is 0.738. The topological polar surface area (TPSA) is 32.8 Å². The van der Waals surface area contributed by atoms with Crippen LogP contribution in [0.15, 0.2) is 35.7 Å². The number of benzene rings is 1. The molecule has 1 aliphatic rings. The van der Waals surface area contributed by atoms with E-state index in [9.17, 15) is 9.18 Å². The lowest BCUT2D eigenvalue weighted by Gasteiger charge is -2.36. The highest BCUT2D eigenvalue weighted by Crippen LogP contribution is 2.35. The van der Waals surface area contributed by atoms with Gasteiger partial charge in [0.15, 0.2) is 11.6 Å². The summed E-state index contributed by atoms with van der Waals surface area (Å²) in [4.78, 5) is 18.1. The molecule has 3 rings (SSSR count). The van der Waals surface area contributed by atoms with E-state index in [4.69, 9.17) is 4.74 Å². The Kier molecular flexibility index (Phi) is 6.27. The Balaban J connectivity index is 1.50. The Bertz CT molecular complexity index is 749. The second kappa shape index (κ2) is 8.64. The number of carbonyl (C=O) groups is 1. The van der Waals surface area contributed by atoms with Crippen LogP contribution in [0, 0.1) is 5.82 Å². The van der Waals surface area contributed by atoms with E-state index in [0.717, 1.165) is 19.4 Å². The highest BCUT2D eigenvalue weighted by atomic mass is 32.1. The van der Waals surface area contributed by atoms with Crippen molar-refractivity contribution in [3.63, 3.8) is 0 Å². The molecule has 1 aromatic heterocycles. The summed E-state index contributed by atoms with van der Waals surface area (Å²) < 4.78 is 19.0. The summed E-state index contributed by atoms with van der Waals surface area (Å²) >= 11 is 1.79. The smallest absolute Gasteiger partial charge is 0.237 e. The minimum atomic E-state index is -0.364. The fraction of sp³-hybridized carbons (Fsp3) is 0.450. The predicted octanol–water partition coefficient (Wildman–Crippen LogP) is 3.73. The van der Waals surface area contributed by atoms with Crippen LogP contribution in [0.5, 0.6) is 5.75 Å². The summed E-state index contributed by atoms with van der Waals surface area (Å²) in [6.45, 7) is 4.16. The third-order valence-corrected chi connectivity index (χ3v) is 5.77. The molecule has 1 aromatic carbocycles. The van der Waals surface area contributed by atoms with Crippen molar-refractivity contribution < 1.29 is 13.9 Å². The van der Waals surface area contributed by atoms with Gasteiger partial charge in [-0.25, -0.2) is 4.39 Å². The van der Waals surface area contributed by atoms with Crippen LogP contribution in [0.25, 0.3) is 0 Å². The van der Waals surface area contributed by atoms with Gasteiger partial charge < -0.3 is 9.64 Å². The summed E-state index contributed by atoms with van der Waals surface area (Å²) in [5.41, 5.74) is 1.31. The fourth-order valence-electron chi connectivity index (χ4n) is 3.41. The van der Waals surface area contributed by atoms with Gasteiger partial charge in [0, 0.05) is 18.0 Å². The zero-order valence-corrected chi connectivity index (χ0v) is 16.1. The number of ether oxygens (including phenoxy) is 1. The highest BCUT2D eigenvalue weighted by molar-refractivity contribution is 7.10. The van der Waals surface area contributed by atoms with Gasteiger partial charge in [-0.2, -0.15) is 0 Å². The Morgan fingerprint density at radius 1 is 1.38 bits per heavy atom. The van der Waals surface area contributed by atoms with Crippen molar-refractivity contribution >= 4 is 17.2 Å². The van der Waals surface area contributed by atoms with Crippen molar-refractivity contribution in [1.82, 2.24) is 9.80 Å². The number of thiophene rings is 1. The number of para-hydroxylation sites is 1. The number of hydrogen-bond donors (Lipinski definition) is 0. The van der Waals surface area contributed by atoms with Crippen molar-refractivity contribution in [3.05, 3.63) is 52.0 Å². The standard InChI is InChI=1S/C20H25FN2O2S/c1-3-17-15-9-13-26-19(15)8-10-23(17)20(24)14-22(2)11-12-25-18-7-5-4-6-16(18)21/h4-7,9,13,17H,3,8,10-12,14H2,1-2H3. The first-order chi connectivity index (χ1) is 12.6. The lowest BCUT2D eigenvalue weighted by Crippen LogP contribution is -2.44. The molecule has 0 radical (unpaired) electrons. The first-order valence-electron chi connectivity index (χ1n) is 9.01. The normalized spacial score (nSPS) is 16.6. The van der Waals surface area contributed by atoms with Gasteiger partial charge >= 0.3 is 0 Å². The monoisotopic (exact) mass is 376 g/mol. The first kappa shape index (κ1) is 18.9. The van der Waals surface area contributed by atoms with Crippen molar-refractivity contribution in [2.24, 2.45) is 0 Å². The molecule has 140 valence electrons. The second-order valence-corrected chi connectivity index (χ2v) is 7.58. The summed E-state index contributed by atoms with van der Waals surface area (Å²) in [6, 6.07) is 8.70. The van der Waals surface area contributed by atoms with Gasteiger partial charge in [0.2, 0.25) is 5.91 Å². The number of fused-ring (bicyclic) bond motifs is 1. The third kappa shape index (κ3) is 4.24. The van der Waals surface area contributed by atoms with Crippen LogP contribution < -0.4 is 4.74 Å².